The lowest BCUT2D eigenvalue weighted by atomic mass is 9.97. The molecule has 1 aliphatic carbocycles. The fraction of sp³-hybridized carbons (Fsp3) is 0.519. The Bertz CT molecular complexity index is 1210. The van der Waals surface area contributed by atoms with E-state index in [4.69, 9.17) is 20.6 Å². The van der Waals surface area contributed by atoms with Crippen LogP contribution in [0.4, 0.5) is 20.6 Å². The van der Waals surface area contributed by atoms with Gasteiger partial charge < -0.3 is 29.9 Å². The van der Waals surface area contributed by atoms with Gasteiger partial charge in [-0.05, 0) is 37.7 Å². The van der Waals surface area contributed by atoms with Crippen molar-refractivity contribution in [3.63, 3.8) is 0 Å². The number of piperidine rings is 1. The number of nitrogens with two attached hydrogens (primary N) is 1. The number of benzene rings is 1. The number of guanidine groups is 1. The molecule has 40 heavy (non-hydrogen) atoms. The summed E-state index contributed by atoms with van der Waals surface area (Å²) in [5.41, 5.74) is 6.65. The summed E-state index contributed by atoms with van der Waals surface area (Å²) >= 11 is 0. The standard InChI is InChI=1S/C27H35FN8O4/c28-23-20(17-40-27(38)33-25(29)30)2-1-3-22(23)35-12-10-34(11-13-35)21-14-31-26(32-15-21)39-16-18-6-8-36(9-7-18)24(37)19-4-5-19/h1-3,14-15,18-19H,4-13,16-17H2,(H4,29,30,33,38). The predicted octanol–water partition coefficient (Wildman–Crippen LogP) is 2.09. The van der Waals surface area contributed by atoms with Gasteiger partial charge >= 0.3 is 12.1 Å². The molecule has 2 aliphatic heterocycles. The van der Waals surface area contributed by atoms with Crippen molar-refractivity contribution in [1.29, 1.82) is 5.41 Å². The first-order valence-corrected chi connectivity index (χ1v) is 13.7. The van der Waals surface area contributed by atoms with Crippen LogP contribution in [0.15, 0.2) is 30.6 Å². The highest BCUT2D eigenvalue weighted by molar-refractivity contribution is 5.90. The quantitative estimate of drug-likeness (QED) is 0.329. The van der Waals surface area contributed by atoms with Crippen LogP contribution in [0.25, 0.3) is 0 Å². The molecule has 0 atom stereocenters. The second-order valence-corrected chi connectivity index (χ2v) is 10.4. The molecule has 0 bridgehead atoms. The molecule has 0 spiro atoms. The van der Waals surface area contributed by atoms with E-state index in [1.54, 1.807) is 30.6 Å². The molecule has 4 N–H and O–H groups in total. The average molecular weight is 555 g/mol. The third-order valence-electron chi connectivity index (χ3n) is 7.55. The zero-order valence-electron chi connectivity index (χ0n) is 22.4. The molecule has 0 radical (unpaired) electrons. The Morgan fingerprint density at radius 2 is 1.70 bits per heavy atom. The molecule has 1 aromatic carbocycles. The lowest BCUT2D eigenvalue weighted by molar-refractivity contribution is -0.134. The number of nitrogens with one attached hydrogen (secondary N) is 2. The number of likely N-dealkylation sites (tertiary alicyclic amines) is 1. The number of aromatic nitrogens is 2. The number of piperazine rings is 1. The highest BCUT2D eigenvalue weighted by Gasteiger charge is 2.35. The molecule has 0 unspecified atom stereocenters. The van der Waals surface area contributed by atoms with Gasteiger partial charge in [0, 0.05) is 50.7 Å². The van der Waals surface area contributed by atoms with Crippen LogP contribution < -0.4 is 25.6 Å². The van der Waals surface area contributed by atoms with Crippen molar-refractivity contribution >= 4 is 29.3 Å². The molecule has 2 saturated heterocycles. The molecular formula is C27H35FN8O4. The normalized spacial score (nSPS) is 17.9. The Morgan fingerprint density at radius 1 is 1.02 bits per heavy atom. The number of carbonyl (C=O) groups excluding carboxylic acids is 2. The summed E-state index contributed by atoms with van der Waals surface area (Å²) in [5.74, 6) is -0.00460. The number of ether oxygens (including phenoxy) is 2. The Hall–Kier alpha value is -4.16. The highest BCUT2D eigenvalue weighted by atomic mass is 19.1. The van der Waals surface area contributed by atoms with Crippen molar-refractivity contribution in [3.8, 4) is 6.01 Å². The van der Waals surface area contributed by atoms with Gasteiger partial charge in [0.2, 0.25) is 5.91 Å². The van der Waals surface area contributed by atoms with E-state index in [2.05, 4.69) is 14.9 Å². The molecule has 214 valence electrons. The smallest absolute Gasteiger partial charge is 0.414 e. The minimum atomic E-state index is -0.910. The van der Waals surface area contributed by atoms with Crippen LogP contribution in [-0.2, 0) is 16.1 Å². The number of rotatable bonds is 8. The van der Waals surface area contributed by atoms with E-state index >= 15 is 4.39 Å². The topological polar surface area (TPSA) is 150 Å². The summed E-state index contributed by atoms with van der Waals surface area (Å²) in [6.45, 7) is 4.36. The molecule has 2 amide bonds. The number of hydrogen-bond donors (Lipinski definition) is 3. The molecule has 5 rings (SSSR count). The second-order valence-electron chi connectivity index (χ2n) is 10.4. The van der Waals surface area contributed by atoms with E-state index < -0.39 is 17.9 Å². The fourth-order valence-electron chi connectivity index (χ4n) is 5.06. The van der Waals surface area contributed by atoms with Crippen LogP contribution in [0.1, 0.15) is 31.2 Å². The third kappa shape index (κ3) is 6.88. The summed E-state index contributed by atoms with van der Waals surface area (Å²) in [5, 5.41) is 9.05. The van der Waals surface area contributed by atoms with Gasteiger partial charge in [-0.15, -0.1) is 0 Å². The number of alkyl carbamates (subject to hydrolysis) is 1. The van der Waals surface area contributed by atoms with Gasteiger partial charge in [-0.25, -0.2) is 19.2 Å². The Morgan fingerprint density at radius 3 is 2.35 bits per heavy atom. The van der Waals surface area contributed by atoms with Crippen molar-refractivity contribution in [2.24, 2.45) is 17.6 Å². The summed E-state index contributed by atoms with van der Waals surface area (Å²) in [6, 6.07) is 5.32. The van der Waals surface area contributed by atoms with Crippen LogP contribution in [0, 0.1) is 23.1 Å². The average Bonchev–Trinajstić information content (AvgIpc) is 3.81. The maximum Gasteiger partial charge on any atom is 0.414 e. The van der Waals surface area contributed by atoms with Gasteiger partial charge in [0.25, 0.3) is 0 Å². The molecular weight excluding hydrogens is 519 g/mol. The van der Waals surface area contributed by atoms with E-state index in [0.717, 1.165) is 44.5 Å². The molecule has 3 aliphatic rings. The summed E-state index contributed by atoms with van der Waals surface area (Å²) in [6.07, 6.45) is 6.55. The minimum absolute atomic E-state index is 0.236. The number of halogens is 1. The monoisotopic (exact) mass is 554 g/mol. The van der Waals surface area contributed by atoms with Crippen molar-refractivity contribution < 1.29 is 23.5 Å². The van der Waals surface area contributed by atoms with E-state index in [1.807, 2.05) is 15.1 Å². The predicted molar refractivity (Wildman–Crippen MR) is 146 cm³/mol. The Kier molecular flexibility index (Phi) is 8.46. The summed E-state index contributed by atoms with van der Waals surface area (Å²) < 4.78 is 25.9. The first kappa shape index (κ1) is 27.4. The number of nitrogens with zero attached hydrogens (tertiary/aromatic N) is 5. The highest BCUT2D eigenvalue weighted by Crippen LogP contribution is 2.32. The van der Waals surface area contributed by atoms with E-state index in [9.17, 15) is 9.59 Å². The zero-order chi connectivity index (χ0) is 28.1. The van der Waals surface area contributed by atoms with Gasteiger partial charge in [-0.3, -0.25) is 15.5 Å². The first-order chi connectivity index (χ1) is 19.4. The third-order valence-corrected chi connectivity index (χ3v) is 7.55. The lowest BCUT2D eigenvalue weighted by Gasteiger charge is -2.37. The number of amides is 2. The zero-order valence-corrected chi connectivity index (χ0v) is 22.4. The molecule has 1 saturated carbocycles. The van der Waals surface area contributed by atoms with E-state index in [1.165, 1.54) is 0 Å². The molecule has 2 aromatic rings. The largest absolute Gasteiger partial charge is 0.463 e. The van der Waals surface area contributed by atoms with Gasteiger partial charge in [-0.2, -0.15) is 0 Å². The number of anilines is 2. The molecule has 12 nitrogen and oxygen atoms in total. The SMILES string of the molecule is N=C(N)NC(=O)OCc1cccc(N2CCN(c3cnc(OCC4CCN(C(=O)C5CC5)CC4)nc3)CC2)c1F. The van der Waals surface area contributed by atoms with E-state index in [-0.39, 0.29) is 18.1 Å². The van der Waals surface area contributed by atoms with Crippen LogP contribution in [0.3, 0.4) is 0 Å². The fourth-order valence-corrected chi connectivity index (χ4v) is 5.06. The number of hydrogen-bond acceptors (Lipinski definition) is 9. The number of carbonyl (C=O) groups is 2. The summed E-state index contributed by atoms with van der Waals surface area (Å²) in [4.78, 5) is 38.6. The van der Waals surface area contributed by atoms with Crippen LogP contribution >= 0.6 is 0 Å². The minimum Gasteiger partial charge on any atom is -0.463 e. The first-order valence-electron chi connectivity index (χ1n) is 13.7. The summed E-state index contributed by atoms with van der Waals surface area (Å²) in [7, 11) is 0. The van der Waals surface area contributed by atoms with Crippen LogP contribution in [0.5, 0.6) is 6.01 Å². The van der Waals surface area contributed by atoms with Gasteiger partial charge in [0.15, 0.2) is 11.8 Å². The van der Waals surface area contributed by atoms with Gasteiger partial charge in [0.05, 0.1) is 30.4 Å². The molecule has 13 heteroatoms. The van der Waals surface area contributed by atoms with Crippen LogP contribution in [0.2, 0.25) is 0 Å². The van der Waals surface area contributed by atoms with Gasteiger partial charge in [0.1, 0.15) is 6.61 Å². The van der Waals surface area contributed by atoms with E-state index in [0.29, 0.717) is 56.3 Å². The van der Waals surface area contributed by atoms with Crippen molar-refractivity contribution in [3.05, 3.63) is 42.0 Å². The Balaban J connectivity index is 1.07. The molecule has 3 heterocycles. The molecule has 3 fully saturated rings. The Labute approximate surface area is 232 Å². The van der Waals surface area contributed by atoms with Crippen molar-refractivity contribution in [1.82, 2.24) is 20.2 Å². The van der Waals surface area contributed by atoms with Crippen molar-refractivity contribution in [2.45, 2.75) is 32.3 Å². The van der Waals surface area contributed by atoms with Crippen LogP contribution in [-0.4, -0.2) is 78.7 Å². The maximum atomic E-state index is 15.1. The van der Waals surface area contributed by atoms with Gasteiger partial charge in [-0.1, -0.05) is 12.1 Å². The second kappa shape index (κ2) is 12.3. The lowest BCUT2D eigenvalue weighted by Crippen LogP contribution is -2.47. The molecule has 1 aromatic heterocycles. The maximum absolute atomic E-state index is 15.1. The van der Waals surface area contributed by atoms with Crippen molar-refractivity contribution in [2.75, 3.05) is 55.7 Å².